The van der Waals surface area contributed by atoms with Crippen LogP contribution < -0.4 is 5.32 Å². The number of nitrogens with one attached hydrogen (secondary N) is 1. The van der Waals surface area contributed by atoms with Crippen molar-refractivity contribution in [3.05, 3.63) is 69.5 Å². The fourth-order valence-corrected chi connectivity index (χ4v) is 3.57. The smallest absolute Gasteiger partial charge is 0.314 e. The van der Waals surface area contributed by atoms with Gasteiger partial charge in [-0.05, 0) is 61.9 Å². The zero-order valence-electron chi connectivity index (χ0n) is 16.9. The minimum absolute atomic E-state index is 0.0361. The van der Waals surface area contributed by atoms with Gasteiger partial charge in [0.05, 0.1) is 0 Å². The summed E-state index contributed by atoms with van der Waals surface area (Å²) in [6.07, 6.45) is 1.20. The van der Waals surface area contributed by atoms with Crippen molar-refractivity contribution in [2.75, 3.05) is 5.32 Å². The summed E-state index contributed by atoms with van der Waals surface area (Å²) in [4.78, 5) is 21.7. The highest BCUT2D eigenvalue weighted by Gasteiger charge is 2.42. The van der Waals surface area contributed by atoms with Crippen LogP contribution in [0.5, 0.6) is 0 Å². The zero-order valence-corrected chi connectivity index (χ0v) is 16.9. The number of carboxylic acids is 1. The first-order valence-electron chi connectivity index (χ1n) is 9.59. The Balaban J connectivity index is 1.65. The first kappa shape index (κ1) is 22.3. The van der Waals surface area contributed by atoms with Crippen molar-refractivity contribution >= 4 is 17.4 Å². The number of nitrogens with zero attached hydrogens (tertiary/aromatic N) is 1. The summed E-state index contributed by atoms with van der Waals surface area (Å²) in [6.45, 7) is 3.41. The fourth-order valence-electron chi connectivity index (χ4n) is 3.57. The Bertz CT molecular complexity index is 964. The quantitative estimate of drug-likeness (QED) is 0.246. The molecule has 1 heterocycles. The Morgan fingerprint density at radius 1 is 1.29 bits per heavy atom. The Kier molecular flexibility index (Phi) is 6.05. The van der Waals surface area contributed by atoms with Gasteiger partial charge in [0.2, 0.25) is 0 Å². The topological polar surface area (TPSA) is 162 Å². The van der Waals surface area contributed by atoms with E-state index in [0.29, 0.717) is 22.6 Å². The van der Waals surface area contributed by atoms with Gasteiger partial charge in [0.1, 0.15) is 29.3 Å². The van der Waals surface area contributed by atoms with E-state index in [4.69, 9.17) is 4.74 Å². The molecule has 0 radical (unpaired) electrons. The Labute approximate surface area is 177 Å². The van der Waals surface area contributed by atoms with E-state index in [0.717, 1.165) is 0 Å². The molecule has 0 bridgehead atoms. The molecule has 0 aromatic heterocycles. The van der Waals surface area contributed by atoms with Crippen molar-refractivity contribution in [2.24, 2.45) is 5.92 Å². The van der Waals surface area contributed by atoms with Gasteiger partial charge >= 0.3 is 5.97 Å². The Hall–Kier alpha value is -3.37. The van der Waals surface area contributed by atoms with Gasteiger partial charge in [-0.3, -0.25) is 14.9 Å². The van der Waals surface area contributed by atoms with Crippen LogP contribution in [0.25, 0.3) is 5.76 Å². The lowest BCUT2D eigenvalue weighted by atomic mass is 9.92. The lowest BCUT2D eigenvalue weighted by Crippen LogP contribution is -2.36. The normalized spacial score (nSPS) is 25.5. The fraction of sp³-hybridized carbons (Fsp3) is 0.381. The third kappa shape index (κ3) is 4.86. The van der Waals surface area contributed by atoms with Gasteiger partial charge in [-0.2, -0.15) is 0 Å². The molecular formula is C21H24N2O8. The van der Waals surface area contributed by atoms with Gasteiger partial charge in [0.15, 0.2) is 6.10 Å². The molecule has 0 saturated heterocycles. The first-order chi connectivity index (χ1) is 14.5. The van der Waals surface area contributed by atoms with Crippen molar-refractivity contribution in [2.45, 2.75) is 44.2 Å². The van der Waals surface area contributed by atoms with Gasteiger partial charge in [-0.25, -0.2) is 0 Å². The van der Waals surface area contributed by atoms with Crippen LogP contribution in [0.15, 0.2) is 53.8 Å². The highest BCUT2D eigenvalue weighted by molar-refractivity contribution is 5.79. The minimum atomic E-state index is -1.62. The first-order valence-corrected chi connectivity index (χ1v) is 9.59. The number of carbonyl (C=O) groups is 1. The van der Waals surface area contributed by atoms with Gasteiger partial charge < -0.3 is 30.5 Å². The summed E-state index contributed by atoms with van der Waals surface area (Å²) < 4.78 is 5.78. The van der Waals surface area contributed by atoms with E-state index in [2.05, 4.69) is 5.32 Å². The van der Waals surface area contributed by atoms with Crippen molar-refractivity contribution < 1.29 is 34.9 Å². The van der Waals surface area contributed by atoms with Crippen LogP contribution in [0.3, 0.4) is 0 Å². The summed E-state index contributed by atoms with van der Waals surface area (Å²) in [7, 11) is 0. The maximum atomic E-state index is 11.4. The number of benzene rings is 1. The predicted molar refractivity (Wildman–Crippen MR) is 111 cm³/mol. The standard InChI is InChI=1S/C21H24N2O8/c1-21(2)14(20(27)28)10-17(31-21)12-3-5-13(6-4-12)22-18(25)9-11-7-15(23(29)30)19(26)16(24)8-11/h3-8,10,14-15,18-19,22,24-26H,9H2,1-2H3,(H,27,28)/t14-,15?,18-,19+/m1/s1. The zero-order chi connectivity index (χ0) is 22.9. The average Bonchev–Trinajstić information content (AvgIpc) is 3.00. The third-order valence-corrected chi connectivity index (χ3v) is 5.23. The molecule has 166 valence electrons. The second-order valence-electron chi connectivity index (χ2n) is 8.03. The number of ether oxygens (including phenoxy) is 1. The Morgan fingerprint density at radius 3 is 2.48 bits per heavy atom. The van der Waals surface area contributed by atoms with Gasteiger partial charge in [0.25, 0.3) is 6.04 Å². The molecule has 10 nitrogen and oxygen atoms in total. The molecule has 5 N–H and O–H groups in total. The van der Waals surface area contributed by atoms with Crippen molar-refractivity contribution in [1.82, 2.24) is 0 Å². The monoisotopic (exact) mass is 432 g/mol. The molecule has 10 heteroatoms. The number of nitro groups is 1. The molecule has 1 aliphatic heterocycles. The highest BCUT2D eigenvalue weighted by Crippen LogP contribution is 2.38. The van der Waals surface area contributed by atoms with E-state index in [-0.39, 0.29) is 6.42 Å². The molecule has 2 aliphatic rings. The number of allylic oxidation sites excluding steroid dienone is 1. The lowest BCUT2D eigenvalue weighted by molar-refractivity contribution is -0.520. The molecule has 0 fully saturated rings. The molecule has 1 aromatic rings. The van der Waals surface area contributed by atoms with E-state index in [1.54, 1.807) is 44.2 Å². The van der Waals surface area contributed by atoms with Crippen molar-refractivity contribution in [1.29, 1.82) is 0 Å². The van der Waals surface area contributed by atoms with E-state index < -0.39 is 46.5 Å². The Morgan fingerprint density at radius 2 is 1.94 bits per heavy atom. The van der Waals surface area contributed by atoms with Gasteiger partial charge in [0, 0.05) is 22.6 Å². The molecule has 1 unspecified atom stereocenters. The van der Waals surface area contributed by atoms with E-state index >= 15 is 0 Å². The number of anilines is 1. The molecule has 0 amide bonds. The van der Waals surface area contributed by atoms with E-state index in [1.165, 1.54) is 12.2 Å². The molecule has 3 rings (SSSR count). The van der Waals surface area contributed by atoms with Gasteiger partial charge in [-0.15, -0.1) is 0 Å². The highest BCUT2D eigenvalue weighted by atomic mass is 16.6. The van der Waals surface area contributed by atoms with E-state index in [1.807, 2.05) is 0 Å². The molecule has 1 aromatic carbocycles. The molecule has 0 saturated carbocycles. The SMILES string of the molecule is CC1(C)OC(c2ccc(N[C@H](O)CC3=CC([N+](=O)[O-])[C@H](O)C(O)=C3)cc2)=C[C@@H]1C(=O)O. The van der Waals surface area contributed by atoms with Crippen molar-refractivity contribution in [3.8, 4) is 0 Å². The number of hydrogen-bond acceptors (Lipinski definition) is 8. The van der Waals surface area contributed by atoms with Gasteiger partial charge in [-0.1, -0.05) is 0 Å². The maximum absolute atomic E-state index is 11.4. The van der Waals surface area contributed by atoms with Crippen LogP contribution in [-0.4, -0.2) is 55.3 Å². The van der Waals surface area contributed by atoms with Crippen LogP contribution >= 0.6 is 0 Å². The summed E-state index contributed by atoms with van der Waals surface area (Å²) in [5, 5.41) is 52.8. The van der Waals surface area contributed by atoms with Crippen LogP contribution in [0.1, 0.15) is 25.8 Å². The molecule has 31 heavy (non-hydrogen) atoms. The number of aliphatic carboxylic acids is 1. The number of aliphatic hydroxyl groups is 3. The second kappa shape index (κ2) is 8.40. The predicted octanol–water partition coefficient (Wildman–Crippen LogP) is 2.05. The third-order valence-electron chi connectivity index (χ3n) is 5.23. The molecular weight excluding hydrogens is 408 g/mol. The summed E-state index contributed by atoms with van der Waals surface area (Å²) >= 11 is 0. The van der Waals surface area contributed by atoms with Crippen LogP contribution in [0.4, 0.5) is 5.69 Å². The second-order valence-corrected chi connectivity index (χ2v) is 8.03. The molecule has 1 aliphatic carbocycles. The number of hydrogen-bond donors (Lipinski definition) is 5. The summed E-state index contributed by atoms with van der Waals surface area (Å²) in [5.41, 5.74) is 0.686. The number of aliphatic hydroxyl groups excluding tert-OH is 3. The number of rotatable bonds is 7. The molecule has 4 atom stereocenters. The largest absolute Gasteiger partial charge is 0.509 e. The average molecular weight is 432 g/mol. The summed E-state index contributed by atoms with van der Waals surface area (Å²) in [5.74, 6) is -1.80. The minimum Gasteiger partial charge on any atom is -0.509 e. The number of carboxylic acid groups (broad SMARTS) is 1. The van der Waals surface area contributed by atoms with Crippen LogP contribution in [0, 0.1) is 16.0 Å². The van der Waals surface area contributed by atoms with Crippen LogP contribution in [-0.2, 0) is 9.53 Å². The lowest BCUT2D eigenvalue weighted by Gasteiger charge is -2.24. The molecule has 0 spiro atoms. The van der Waals surface area contributed by atoms with Crippen molar-refractivity contribution in [3.63, 3.8) is 0 Å². The maximum Gasteiger partial charge on any atom is 0.314 e. The van der Waals surface area contributed by atoms with E-state index in [9.17, 15) is 35.3 Å². The van der Waals surface area contributed by atoms with Crippen LogP contribution in [0.2, 0.25) is 0 Å². The summed E-state index contributed by atoms with van der Waals surface area (Å²) in [6, 6.07) is 5.30.